The summed E-state index contributed by atoms with van der Waals surface area (Å²) in [5.41, 5.74) is 4.94. The Morgan fingerprint density at radius 1 is 1.08 bits per heavy atom. The molecule has 0 spiro atoms. The minimum atomic E-state index is 0.711. The summed E-state index contributed by atoms with van der Waals surface area (Å²) in [6.45, 7) is 2.61. The largest absolute Gasteiger partial charge is 0.361 e. The summed E-state index contributed by atoms with van der Waals surface area (Å²) >= 11 is 0. The molecule has 4 nitrogen and oxygen atoms in total. The highest BCUT2D eigenvalue weighted by atomic mass is 15.2. The van der Waals surface area contributed by atoms with E-state index in [0.717, 1.165) is 17.9 Å². The summed E-state index contributed by atoms with van der Waals surface area (Å²) in [4.78, 5) is 14.5. The van der Waals surface area contributed by atoms with E-state index in [1.54, 1.807) is 6.33 Å². The molecule has 0 bridgehead atoms. The Morgan fingerprint density at radius 2 is 1.96 bits per heavy atom. The van der Waals surface area contributed by atoms with Crippen LogP contribution in [0.2, 0.25) is 0 Å². The molecule has 0 amide bonds. The Morgan fingerprint density at radius 3 is 2.80 bits per heavy atom. The van der Waals surface area contributed by atoms with Crippen molar-refractivity contribution in [2.45, 2.75) is 38.1 Å². The van der Waals surface area contributed by atoms with E-state index in [2.05, 4.69) is 44.2 Å². The van der Waals surface area contributed by atoms with Gasteiger partial charge in [0.25, 0.3) is 0 Å². The predicted octanol–water partition coefficient (Wildman–Crippen LogP) is 4.04. The first-order valence-electron chi connectivity index (χ1n) is 9.46. The predicted molar refractivity (Wildman–Crippen MR) is 100 cm³/mol. The first-order valence-corrected chi connectivity index (χ1v) is 9.46. The van der Waals surface area contributed by atoms with Crippen LogP contribution in [0.3, 0.4) is 0 Å². The number of fused-ring (bicyclic) bond motifs is 1. The van der Waals surface area contributed by atoms with Crippen LogP contribution in [0.5, 0.6) is 0 Å². The summed E-state index contributed by atoms with van der Waals surface area (Å²) < 4.78 is 0. The first kappa shape index (κ1) is 15.1. The van der Waals surface area contributed by atoms with Crippen LogP contribution >= 0.6 is 0 Å². The van der Waals surface area contributed by atoms with Gasteiger partial charge in [0.2, 0.25) is 0 Å². The third-order valence-corrected chi connectivity index (χ3v) is 5.81. The quantitative estimate of drug-likeness (QED) is 0.767. The first-order chi connectivity index (χ1) is 12.4. The molecule has 3 heterocycles. The highest BCUT2D eigenvalue weighted by Crippen LogP contribution is 2.34. The van der Waals surface area contributed by atoms with Gasteiger partial charge < -0.3 is 4.98 Å². The van der Waals surface area contributed by atoms with E-state index in [1.807, 2.05) is 12.4 Å². The molecule has 0 radical (unpaired) electrons. The standard InChI is InChI=1S/C21H24N4/c1-2-19(25(7-1)13-15-3-4-15)8-17-12-24-21-6-5-16(9-20(17)21)18-10-22-14-23-11-18/h5-6,9-12,14-15,19,24H,1-4,7-8,13H2/t19-/m1/s1. The second-order valence-corrected chi connectivity index (χ2v) is 7.64. The van der Waals surface area contributed by atoms with Crippen LogP contribution in [-0.2, 0) is 6.42 Å². The molecule has 5 rings (SSSR count). The number of likely N-dealkylation sites (tertiary alicyclic amines) is 1. The Balaban J connectivity index is 1.43. The topological polar surface area (TPSA) is 44.8 Å². The normalized spacial score (nSPS) is 21.2. The summed E-state index contributed by atoms with van der Waals surface area (Å²) in [5.74, 6) is 0.980. The number of rotatable bonds is 5. The number of benzene rings is 1. The van der Waals surface area contributed by atoms with Gasteiger partial charge in [-0.05, 0) is 67.8 Å². The number of nitrogens with zero attached hydrogens (tertiary/aromatic N) is 3. The molecule has 128 valence electrons. The van der Waals surface area contributed by atoms with Crippen LogP contribution in [-0.4, -0.2) is 39.0 Å². The number of H-pyrrole nitrogens is 1. The summed E-state index contributed by atoms with van der Waals surface area (Å²) in [6.07, 6.45) is 14.3. The summed E-state index contributed by atoms with van der Waals surface area (Å²) in [5, 5.41) is 1.35. The number of hydrogen-bond donors (Lipinski definition) is 1. The smallest absolute Gasteiger partial charge is 0.115 e. The average Bonchev–Trinajstić information content (AvgIpc) is 3.23. The van der Waals surface area contributed by atoms with Gasteiger partial charge in [-0.15, -0.1) is 0 Å². The van der Waals surface area contributed by atoms with Crippen molar-refractivity contribution in [1.82, 2.24) is 19.9 Å². The van der Waals surface area contributed by atoms with Gasteiger partial charge in [0.1, 0.15) is 6.33 Å². The van der Waals surface area contributed by atoms with E-state index in [-0.39, 0.29) is 0 Å². The minimum Gasteiger partial charge on any atom is -0.361 e. The lowest BCUT2D eigenvalue weighted by atomic mass is 10.0. The van der Waals surface area contributed by atoms with Gasteiger partial charge in [-0.25, -0.2) is 9.97 Å². The molecule has 2 fully saturated rings. The van der Waals surface area contributed by atoms with Crippen molar-refractivity contribution in [2.24, 2.45) is 5.92 Å². The van der Waals surface area contributed by atoms with E-state index < -0.39 is 0 Å². The Kier molecular flexibility index (Phi) is 3.78. The van der Waals surface area contributed by atoms with E-state index in [4.69, 9.17) is 0 Å². The third-order valence-electron chi connectivity index (χ3n) is 5.81. The van der Waals surface area contributed by atoms with Crippen LogP contribution in [0.25, 0.3) is 22.0 Å². The molecule has 25 heavy (non-hydrogen) atoms. The van der Waals surface area contributed by atoms with Crippen LogP contribution in [0.1, 0.15) is 31.2 Å². The highest BCUT2D eigenvalue weighted by molar-refractivity contribution is 5.87. The van der Waals surface area contributed by atoms with Crippen molar-refractivity contribution in [3.05, 3.63) is 48.7 Å². The van der Waals surface area contributed by atoms with Crippen LogP contribution < -0.4 is 0 Å². The third kappa shape index (κ3) is 3.07. The lowest BCUT2D eigenvalue weighted by Gasteiger charge is -2.24. The Hall–Kier alpha value is -2.20. The number of nitrogens with one attached hydrogen (secondary N) is 1. The molecule has 1 saturated carbocycles. The van der Waals surface area contributed by atoms with Crippen molar-refractivity contribution < 1.29 is 0 Å². The van der Waals surface area contributed by atoms with Crippen molar-refractivity contribution in [3.63, 3.8) is 0 Å². The minimum absolute atomic E-state index is 0.711. The molecule has 2 aromatic heterocycles. The van der Waals surface area contributed by atoms with Crippen molar-refractivity contribution >= 4 is 10.9 Å². The molecule has 4 heteroatoms. The monoisotopic (exact) mass is 332 g/mol. The molecule has 3 aromatic rings. The fourth-order valence-corrected chi connectivity index (χ4v) is 4.23. The zero-order chi connectivity index (χ0) is 16.6. The second kappa shape index (κ2) is 6.26. The van der Waals surface area contributed by atoms with Crippen molar-refractivity contribution in [2.75, 3.05) is 13.1 Å². The molecule has 1 N–H and O–H groups in total. The molecule has 1 aliphatic carbocycles. The van der Waals surface area contributed by atoms with Gasteiger partial charge in [0, 0.05) is 47.6 Å². The summed E-state index contributed by atoms with van der Waals surface area (Å²) in [6, 6.07) is 7.33. The molecule has 0 unspecified atom stereocenters. The van der Waals surface area contributed by atoms with Gasteiger partial charge in [-0.1, -0.05) is 6.07 Å². The van der Waals surface area contributed by atoms with Gasteiger partial charge in [-0.2, -0.15) is 0 Å². The molecule has 2 aliphatic rings. The van der Waals surface area contributed by atoms with Crippen LogP contribution in [0, 0.1) is 5.92 Å². The fourth-order valence-electron chi connectivity index (χ4n) is 4.23. The van der Waals surface area contributed by atoms with Gasteiger partial charge in [-0.3, -0.25) is 4.90 Å². The Labute approximate surface area is 148 Å². The molecule has 1 aliphatic heterocycles. The molecule has 1 atom stereocenters. The van der Waals surface area contributed by atoms with E-state index in [0.29, 0.717) is 6.04 Å². The van der Waals surface area contributed by atoms with E-state index in [1.165, 1.54) is 60.8 Å². The van der Waals surface area contributed by atoms with Gasteiger partial charge >= 0.3 is 0 Å². The number of aromatic nitrogens is 3. The SMILES string of the molecule is c1ncc(-c2ccc3[nH]cc(C[C@H]4CCCN4CC4CC4)c3c2)cn1. The number of hydrogen-bond acceptors (Lipinski definition) is 3. The lowest BCUT2D eigenvalue weighted by Crippen LogP contribution is -2.32. The van der Waals surface area contributed by atoms with E-state index in [9.17, 15) is 0 Å². The zero-order valence-corrected chi connectivity index (χ0v) is 14.5. The van der Waals surface area contributed by atoms with Crippen LogP contribution in [0.15, 0.2) is 43.1 Å². The molecular formula is C21H24N4. The summed E-state index contributed by atoms with van der Waals surface area (Å²) in [7, 11) is 0. The maximum Gasteiger partial charge on any atom is 0.115 e. The van der Waals surface area contributed by atoms with E-state index >= 15 is 0 Å². The lowest BCUT2D eigenvalue weighted by molar-refractivity contribution is 0.243. The molecular weight excluding hydrogens is 308 g/mol. The van der Waals surface area contributed by atoms with Gasteiger partial charge in [0.15, 0.2) is 0 Å². The number of aromatic amines is 1. The fraction of sp³-hybridized carbons (Fsp3) is 0.429. The molecule has 1 aromatic carbocycles. The maximum atomic E-state index is 4.15. The van der Waals surface area contributed by atoms with Gasteiger partial charge in [0.05, 0.1) is 0 Å². The van der Waals surface area contributed by atoms with Crippen molar-refractivity contribution in [3.8, 4) is 11.1 Å². The second-order valence-electron chi connectivity index (χ2n) is 7.64. The Bertz CT molecular complexity index is 866. The highest BCUT2D eigenvalue weighted by Gasteiger charge is 2.31. The average molecular weight is 332 g/mol. The van der Waals surface area contributed by atoms with Crippen LogP contribution in [0.4, 0.5) is 0 Å². The van der Waals surface area contributed by atoms with Crippen molar-refractivity contribution in [1.29, 1.82) is 0 Å². The maximum absolute atomic E-state index is 4.15. The zero-order valence-electron chi connectivity index (χ0n) is 14.5. The molecule has 1 saturated heterocycles.